The molecule has 0 atom stereocenters. The number of aromatic nitrogens is 1. The number of rotatable bonds is 5. The summed E-state index contributed by atoms with van der Waals surface area (Å²) in [6, 6.07) is 2.11. The van der Waals surface area contributed by atoms with Crippen LogP contribution in [0.25, 0.3) is 0 Å². The summed E-state index contributed by atoms with van der Waals surface area (Å²) >= 11 is 0. The van der Waals surface area contributed by atoms with E-state index >= 15 is 0 Å². The summed E-state index contributed by atoms with van der Waals surface area (Å²) in [5.41, 5.74) is 1.17. The summed E-state index contributed by atoms with van der Waals surface area (Å²) in [5, 5.41) is 3.41. The quantitative estimate of drug-likeness (QED) is 0.811. The van der Waals surface area contributed by atoms with Crippen LogP contribution < -0.4 is 15.0 Å². The summed E-state index contributed by atoms with van der Waals surface area (Å²) in [6.07, 6.45) is 7.16. The number of unbranched alkanes of at least 4 members (excludes halogenated alkanes) is 1. The van der Waals surface area contributed by atoms with E-state index in [9.17, 15) is 0 Å². The Labute approximate surface area is 109 Å². The molecule has 1 aromatic rings. The van der Waals surface area contributed by atoms with Crippen molar-refractivity contribution in [1.82, 2.24) is 10.3 Å². The molecule has 0 aliphatic carbocycles. The zero-order valence-corrected chi connectivity index (χ0v) is 11.2. The third kappa shape index (κ3) is 3.88. The van der Waals surface area contributed by atoms with E-state index in [0.29, 0.717) is 0 Å². The van der Waals surface area contributed by atoms with Gasteiger partial charge in [-0.2, -0.15) is 0 Å². The molecular formula is C14H23N3O. The first-order valence-electron chi connectivity index (χ1n) is 6.93. The lowest BCUT2D eigenvalue weighted by Crippen LogP contribution is -2.27. The summed E-state index contributed by atoms with van der Waals surface area (Å²) in [6.45, 7) is 7.23. The first kappa shape index (κ1) is 13.1. The lowest BCUT2D eigenvalue weighted by Gasteiger charge is -2.22. The highest BCUT2D eigenvalue weighted by atomic mass is 16.5. The minimum atomic E-state index is 0.781. The van der Waals surface area contributed by atoms with Gasteiger partial charge in [0.05, 0.1) is 24.7 Å². The number of anilines is 1. The van der Waals surface area contributed by atoms with Crippen molar-refractivity contribution in [3.8, 4) is 5.75 Å². The zero-order chi connectivity index (χ0) is 12.6. The molecule has 1 aliphatic rings. The van der Waals surface area contributed by atoms with Crippen LogP contribution in [0, 0.1) is 0 Å². The van der Waals surface area contributed by atoms with Crippen molar-refractivity contribution in [1.29, 1.82) is 0 Å². The molecule has 0 amide bonds. The standard InChI is InChI=1S/C14H23N3O/c1-2-3-9-18-14-10-13(11-16-12-14)17-7-4-5-15-6-8-17/h10-12,15H,2-9H2,1H3. The van der Waals surface area contributed by atoms with Gasteiger partial charge in [-0.25, -0.2) is 0 Å². The first-order valence-corrected chi connectivity index (χ1v) is 6.93. The van der Waals surface area contributed by atoms with Crippen molar-refractivity contribution in [2.75, 3.05) is 37.7 Å². The summed E-state index contributed by atoms with van der Waals surface area (Å²) in [5.74, 6) is 0.887. The minimum Gasteiger partial charge on any atom is -0.492 e. The monoisotopic (exact) mass is 249 g/mol. The Morgan fingerprint density at radius 2 is 2.28 bits per heavy atom. The van der Waals surface area contributed by atoms with Crippen molar-refractivity contribution < 1.29 is 4.74 Å². The van der Waals surface area contributed by atoms with Crippen molar-refractivity contribution >= 4 is 5.69 Å². The van der Waals surface area contributed by atoms with E-state index in [2.05, 4.69) is 28.2 Å². The predicted molar refractivity (Wildman–Crippen MR) is 74.3 cm³/mol. The van der Waals surface area contributed by atoms with E-state index in [1.54, 1.807) is 6.20 Å². The normalized spacial score (nSPS) is 16.4. The number of nitrogens with one attached hydrogen (secondary N) is 1. The fraction of sp³-hybridized carbons (Fsp3) is 0.643. The Balaban J connectivity index is 1.96. The molecule has 2 rings (SSSR count). The fourth-order valence-corrected chi connectivity index (χ4v) is 2.10. The van der Waals surface area contributed by atoms with E-state index in [4.69, 9.17) is 4.74 Å². The maximum absolute atomic E-state index is 5.70. The van der Waals surface area contributed by atoms with Gasteiger partial charge in [-0.1, -0.05) is 13.3 Å². The van der Waals surface area contributed by atoms with Gasteiger partial charge in [-0.3, -0.25) is 4.98 Å². The Bertz CT molecular complexity index is 349. The molecule has 1 N–H and O–H groups in total. The SMILES string of the molecule is CCCCOc1cncc(N2CCCNCC2)c1. The average Bonchev–Trinajstić information content (AvgIpc) is 2.68. The van der Waals surface area contributed by atoms with Crippen LogP contribution in [-0.4, -0.2) is 37.8 Å². The lowest BCUT2D eigenvalue weighted by molar-refractivity contribution is 0.308. The van der Waals surface area contributed by atoms with E-state index in [1.165, 1.54) is 12.1 Å². The van der Waals surface area contributed by atoms with Gasteiger partial charge in [0.15, 0.2) is 0 Å². The molecule has 0 spiro atoms. The number of pyridine rings is 1. The van der Waals surface area contributed by atoms with Crippen LogP contribution in [0.4, 0.5) is 5.69 Å². The average molecular weight is 249 g/mol. The minimum absolute atomic E-state index is 0.781. The second kappa shape index (κ2) is 7.21. The van der Waals surface area contributed by atoms with E-state index in [1.807, 2.05) is 6.20 Å². The van der Waals surface area contributed by atoms with Crippen molar-refractivity contribution in [3.05, 3.63) is 18.5 Å². The lowest BCUT2D eigenvalue weighted by atomic mass is 10.3. The molecule has 2 heterocycles. The molecule has 0 aromatic carbocycles. The molecule has 1 fully saturated rings. The molecule has 4 nitrogen and oxygen atoms in total. The van der Waals surface area contributed by atoms with Crippen LogP contribution in [0.5, 0.6) is 5.75 Å². The number of nitrogens with zero attached hydrogens (tertiary/aromatic N) is 2. The molecule has 0 bridgehead atoms. The number of hydrogen-bond donors (Lipinski definition) is 1. The maximum atomic E-state index is 5.70. The Kier molecular flexibility index (Phi) is 5.27. The maximum Gasteiger partial charge on any atom is 0.139 e. The fourth-order valence-electron chi connectivity index (χ4n) is 2.10. The Morgan fingerprint density at radius 3 is 3.17 bits per heavy atom. The molecule has 0 saturated carbocycles. The van der Waals surface area contributed by atoms with Crippen LogP contribution in [0.1, 0.15) is 26.2 Å². The van der Waals surface area contributed by atoms with Gasteiger partial charge in [0.2, 0.25) is 0 Å². The van der Waals surface area contributed by atoms with Crippen LogP contribution in [0.15, 0.2) is 18.5 Å². The van der Waals surface area contributed by atoms with Crippen molar-refractivity contribution in [2.24, 2.45) is 0 Å². The molecule has 0 radical (unpaired) electrons. The van der Waals surface area contributed by atoms with Gasteiger partial charge in [0, 0.05) is 25.7 Å². The highest BCUT2D eigenvalue weighted by Crippen LogP contribution is 2.20. The molecule has 18 heavy (non-hydrogen) atoms. The molecule has 0 unspecified atom stereocenters. The molecule has 4 heteroatoms. The van der Waals surface area contributed by atoms with Gasteiger partial charge in [0.1, 0.15) is 5.75 Å². The Morgan fingerprint density at radius 1 is 1.33 bits per heavy atom. The van der Waals surface area contributed by atoms with Crippen LogP contribution >= 0.6 is 0 Å². The summed E-state index contributed by atoms with van der Waals surface area (Å²) < 4.78 is 5.70. The second-order valence-corrected chi connectivity index (χ2v) is 4.67. The van der Waals surface area contributed by atoms with E-state index in [-0.39, 0.29) is 0 Å². The zero-order valence-electron chi connectivity index (χ0n) is 11.2. The smallest absolute Gasteiger partial charge is 0.139 e. The molecule has 1 aromatic heterocycles. The number of ether oxygens (including phenoxy) is 1. The molecule has 1 saturated heterocycles. The highest BCUT2D eigenvalue weighted by Gasteiger charge is 2.10. The third-order valence-corrected chi connectivity index (χ3v) is 3.17. The topological polar surface area (TPSA) is 37.4 Å². The van der Waals surface area contributed by atoms with E-state index in [0.717, 1.165) is 51.4 Å². The third-order valence-electron chi connectivity index (χ3n) is 3.17. The summed E-state index contributed by atoms with van der Waals surface area (Å²) in [4.78, 5) is 6.66. The predicted octanol–water partition coefficient (Wildman–Crippen LogP) is 2.06. The Hall–Kier alpha value is -1.29. The van der Waals surface area contributed by atoms with Crippen LogP contribution in [0.3, 0.4) is 0 Å². The van der Waals surface area contributed by atoms with Gasteiger partial charge >= 0.3 is 0 Å². The van der Waals surface area contributed by atoms with Crippen LogP contribution in [-0.2, 0) is 0 Å². The number of hydrogen-bond acceptors (Lipinski definition) is 4. The first-order chi connectivity index (χ1) is 8.90. The van der Waals surface area contributed by atoms with E-state index < -0.39 is 0 Å². The largest absolute Gasteiger partial charge is 0.492 e. The van der Waals surface area contributed by atoms with Gasteiger partial charge in [-0.15, -0.1) is 0 Å². The van der Waals surface area contributed by atoms with Gasteiger partial charge < -0.3 is 15.0 Å². The molecular weight excluding hydrogens is 226 g/mol. The summed E-state index contributed by atoms with van der Waals surface area (Å²) in [7, 11) is 0. The van der Waals surface area contributed by atoms with Gasteiger partial charge in [-0.05, 0) is 19.4 Å². The highest BCUT2D eigenvalue weighted by molar-refractivity contribution is 5.48. The van der Waals surface area contributed by atoms with Crippen LogP contribution in [0.2, 0.25) is 0 Å². The second-order valence-electron chi connectivity index (χ2n) is 4.67. The molecule has 100 valence electrons. The van der Waals surface area contributed by atoms with Crippen molar-refractivity contribution in [2.45, 2.75) is 26.2 Å². The van der Waals surface area contributed by atoms with Crippen molar-refractivity contribution in [3.63, 3.8) is 0 Å². The molecule has 1 aliphatic heterocycles. The van der Waals surface area contributed by atoms with Gasteiger partial charge in [0.25, 0.3) is 0 Å².